The van der Waals surface area contributed by atoms with Crippen LogP contribution in [0.5, 0.6) is 0 Å². The minimum Gasteiger partial charge on any atom is -0.378 e. The van der Waals surface area contributed by atoms with Crippen LogP contribution in [-0.4, -0.2) is 26.7 Å². The third-order valence-electron chi connectivity index (χ3n) is 3.42. The molecular formula is C18H23N3O. The van der Waals surface area contributed by atoms with Crippen molar-refractivity contribution in [2.75, 3.05) is 30.9 Å². The second-order valence-corrected chi connectivity index (χ2v) is 5.56. The average Bonchev–Trinajstić information content (AvgIpc) is 2.48. The number of rotatable bonds is 5. The van der Waals surface area contributed by atoms with Crippen LogP contribution in [0.15, 0.2) is 48.5 Å². The Hall–Kier alpha value is -2.49. The number of carbonyl (C=O) groups is 1. The second kappa shape index (κ2) is 7.50. The molecule has 2 N–H and O–H groups in total. The van der Waals surface area contributed by atoms with Gasteiger partial charge in [0.2, 0.25) is 0 Å². The lowest BCUT2D eigenvalue weighted by molar-refractivity contribution is 0.252. The lowest BCUT2D eigenvalue weighted by Gasteiger charge is -2.13. The molecule has 2 aromatic carbocycles. The standard InChI is InChI=1S/C18H23N3O/c1-14-5-4-6-15(13-14)11-12-19-18(22)20-16-7-9-17(10-8-16)21(2)3/h4-10,13H,11-12H2,1-3H3,(H2,19,20,22). The summed E-state index contributed by atoms with van der Waals surface area (Å²) in [5.74, 6) is 0. The molecule has 2 amide bonds. The average molecular weight is 297 g/mol. The smallest absolute Gasteiger partial charge is 0.319 e. The van der Waals surface area contributed by atoms with E-state index in [0.717, 1.165) is 17.8 Å². The Bertz CT molecular complexity index is 620. The number of anilines is 2. The fourth-order valence-electron chi connectivity index (χ4n) is 2.21. The van der Waals surface area contributed by atoms with Crippen molar-refractivity contribution in [2.24, 2.45) is 0 Å². The zero-order valence-corrected chi connectivity index (χ0v) is 13.4. The summed E-state index contributed by atoms with van der Waals surface area (Å²) in [5.41, 5.74) is 4.36. The summed E-state index contributed by atoms with van der Waals surface area (Å²) in [7, 11) is 3.97. The topological polar surface area (TPSA) is 44.4 Å². The SMILES string of the molecule is Cc1cccc(CCNC(=O)Nc2ccc(N(C)C)cc2)c1. The highest BCUT2D eigenvalue weighted by molar-refractivity contribution is 5.89. The van der Waals surface area contributed by atoms with Gasteiger partial charge in [-0.1, -0.05) is 29.8 Å². The molecule has 0 atom stereocenters. The Morgan fingerprint density at radius 2 is 1.82 bits per heavy atom. The molecule has 2 aromatic rings. The third kappa shape index (κ3) is 4.81. The van der Waals surface area contributed by atoms with Gasteiger partial charge in [-0.25, -0.2) is 4.79 Å². The van der Waals surface area contributed by atoms with Crippen LogP contribution in [0.1, 0.15) is 11.1 Å². The number of amides is 2. The zero-order valence-electron chi connectivity index (χ0n) is 13.4. The summed E-state index contributed by atoms with van der Waals surface area (Å²) in [4.78, 5) is 13.9. The van der Waals surface area contributed by atoms with Crippen molar-refractivity contribution in [3.05, 3.63) is 59.7 Å². The van der Waals surface area contributed by atoms with Crippen LogP contribution >= 0.6 is 0 Å². The van der Waals surface area contributed by atoms with Gasteiger partial charge in [0, 0.05) is 32.0 Å². The number of nitrogens with one attached hydrogen (secondary N) is 2. The molecule has 0 aliphatic carbocycles. The van der Waals surface area contributed by atoms with Crippen molar-refractivity contribution >= 4 is 17.4 Å². The quantitative estimate of drug-likeness (QED) is 0.888. The molecule has 0 radical (unpaired) electrons. The van der Waals surface area contributed by atoms with Crippen molar-refractivity contribution in [2.45, 2.75) is 13.3 Å². The fraction of sp³-hybridized carbons (Fsp3) is 0.278. The van der Waals surface area contributed by atoms with Crippen molar-refractivity contribution in [3.8, 4) is 0 Å². The van der Waals surface area contributed by atoms with Crippen molar-refractivity contribution in [1.82, 2.24) is 5.32 Å². The Morgan fingerprint density at radius 3 is 2.45 bits per heavy atom. The van der Waals surface area contributed by atoms with E-state index in [-0.39, 0.29) is 6.03 Å². The molecule has 0 aliphatic rings. The highest BCUT2D eigenvalue weighted by atomic mass is 16.2. The van der Waals surface area contributed by atoms with E-state index < -0.39 is 0 Å². The van der Waals surface area contributed by atoms with Gasteiger partial charge < -0.3 is 15.5 Å². The molecule has 22 heavy (non-hydrogen) atoms. The molecule has 0 bridgehead atoms. The van der Waals surface area contributed by atoms with Gasteiger partial charge in [0.15, 0.2) is 0 Å². The number of hydrogen-bond acceptors (Lipinski definition) is 2. The molecule has 4 heteroatoms. The van der Waals surface area contributed by atoms with E-state index in [0.29, 0.717) is 6.54 Å². The molecule has 0 aliphatic heterocycles. The number of benzene rings is 2. The first-order valence-corrected chi connectivity index (χ1v) is 7.42. The van der Waals surface area contributed by atoms with Crippen molar-refractivity contribution < 1.29 is 4.79 Å². The summed E-state index contributed by atoms with van der Waals surface area (Å²) in [5, 5.41) is 5.71. The van der Waals surface area contributed by atoms with Gasteiger partial charge in [-0.2, -0.15) is 0 Å². The number of urea groups is 1. The predicted octanol–water partition coefficient (Wildman–Crippen LogP) is 3.43. The van der Waals surface area contributed by atoms with Crippen LogP contribution < -0.4 is 15.5 Å². The van der Waals surface area contributed by atoms with Crippen molar-refractivity contribution in [3.63, 3.8) is 0 Å². The number of carbonyl (C=O) groups excluding carboxylic acids is 1. The van der Waals surface area contributed by atoms with Gasteiger partial charge in [0.25, 0.3) is 0 Å². The summed E-state index contributed by atoms with van der Waals surface area (Å²) in [6.45, 7) is 2.69. The fourth-order valence-corrected chi connectivity index (χ4v) is 2.21. The first-order chi connectivity index (χ1) is 10.5. The first-order valence-electron chi connectivity index (χ1n) is 7.42. The molecule has 0 fully saturated rings. The van der Waals surface area contributed by atoms with E-state index in [1.54, 1.807) is 0 Å². The largest absolute Gasteiger partial charge is 0.378 e. The minimum atomic E-state index is -0.176. The summed E-state index contributed by atoms with van der Waals surface area (Å²) in [6.07, 6.45) is 0.828. The Morgan fingerprint density at radius 1 is 1.09 bits per heavy atom. The maximum atomic E-state index is 11.9. The molecule has 0 saturated heterocycles. The van der Waals surface area contributed by atoms with Gasteiger partial charge in [-0.15, -0.1) is 0 Å². The van der Waals surface area contributed by atoms with E-state index >= 15 is 0 Å². The van der Waals surface area contributed by atoms with Gasteiger partial charge >= 0.3 is 6.03 Å². The molecule has 0 unspecified atom stereocenters. The van der Waals surface area contributed by atoms with Crippen LogP contribution in [0.4, 0.5) is 16.2 Å². The van der Waals surface area contributed by atoms with Crippen LogP contribution in [0, 0.1) is 6.92 Å². The zero-order chi connectivity index (χ0) is 15.9. The van der Waals surface area contributed by atoms with E-state index in [4.69, 9.17) is 0 Å². The molecule has 4 nitrogen and oxygen atoms in total. The van der Waals surface area contributed by atoms with Crippen LogP contribution in [0.3, 0.4) is 0 Å². The normalized spacial score (nSPS) is 10.1. The van der Waals surface area contributed by atoms with Crippen LogP contribution in [0.2, 0.25) is 0 Å². The van der Waals surface area contributed by atoms with Crippen LogP contribution in [0.25, 0.3) is 0 Å². The molecule has 0 saturated carbocycles. The lowest BCUT2D eigenvalue weighted by atomic mass is 10.1. The van der Waals surface area contributed by atoms with E-state index in [2.05, 4.69) is 35.8 Å². The predicted molar refractivity (Wildman–Crippen MR) is 92.7 cm³/mol. The highest BCUT2D eigenvalue weighted by Crippen LogP contribution is 2.15. The molecular weight excluding hydrogens is 274 g/mol. The third-order valence-corrected chi connectivity index (χ3v) is 3.42. The number of aryl methyl sites for hydroxylation is 1. The first kappa shape index (κ1) is 15.9. The monoisotopic (exact) mass is 297 g/mol. The maximum Gasteiger partial charge on any atom is 0.319 e. The van der Waals surface area contributed by atoms with Crippen LogP contribution in [-0.2, 0) is 6.42 Å². The van der Waals surface area contributed by atoms with Crippen molar-refractivity contribution in [1.29, 1.82) is 0 Å². The Labute approximate surface area is 132 Å². The Kier molecular flexibility index (Phi) is 5.42. The summed E-state index contributed by atoms with van der Waals surface area (Å²) < 4.78 is 0. The van der Waals surface area contributed by atoms with Gasteiger partial charge in [0.05, 0.1) is 0 Å². The summed E-state index contributed by atoms with van der Waals surface area (Å²) in [6, 6.07) is 15.9. The number of hydrogen-bond donors (Lipinski definition) is 2. The second-order valence-electron chi connectivity index (χ2n) is 5.56. The van der Waals surface area contributed by atoms with E-state index in [9.17, 15) is 4.79 Å². The van der Waals surface area contributed by atoms with Gasteiger partial charge in [0.1, 0.15) is 0 Å². The molecule has 116 valence electrons. The Balaban J connectivity index is 1.78. The summed E-state index contributed by atoms with van der Waals surface area (Å²) >= 11 is 0. The van der Waals surface area contributed by atoms with E-state index in [1.165, 1.54) is 11.1 Å². The molecule has 0 spiro atoms. The minimum absolute atomic E-state index is 0.176. The van der Waals surface area contributed by atoms with E-state index in [1.807, 2.05) is 49.3 Å². The van der Waals surface area contributed by atoms with Gasteiger partial charge in [-0.05, 0) is 43.2 Å². The molecule has 0 heterocycles. The lowest BCUT2D eigenvalue weighted by Crippen LogP contribution is -2.30. The number of nitrogens with zero attached hydrogens (tertiary/aromatic N) is 1. The molecule has 0 aromatic heterocycles. The molecule has 2 rings (SSSR count). The maximum absolute atomic E-state index is 11.9. The van der Waals surface area contributed by atoms with Gasteiger partial charge in [-0.3, -0.25) is 0 Å². The highest BCUT2D eigenvalue weighted by Gasteiger charge is 2.02.